The average Bonchev–Trinajstić information content (AvgIpc) is 3.39. The molecule has 75 heavy (non-hydrogen) atoms. The molecule has 0 spiro atoms. The van der Waals surface area contributed by atoms with Crippen molar-refractivity contribution in [2.45, 2.75) is 39.2 Å². The van der Waals surface area contributed by atoms with Gasteiger partial charge in [-0.25, -0.2) is 9.36 Å². The standard InChI is InChI=1S/C52H52N7O15P/c1-32-7-18-43(46(25-32)59(67)68)55-56-44-30-49(71-2)45(27-34(44)31-61)57-54-35-9-11-36(12-10-35)58(20-22-60)21-24-73-75(69,70)72-23-6-4-3-5-19-53-51(64)33-8-15-39(52(65)66)42(26-33)50-40-16-13-37(62)28-47(40)74-48-29-38(63)14-17-41(48)50/h7-18,25-30,60-62H,3-6,19-24,31H2,1-2H3,(H,53,64)(H,65,66)(H,69,70)/b56-55+,57-54+. The normalized spacial score (nSPS) is 12.4. The Bertz CT molecular complexity index is 3350. The van der Waals surface area contributed by atoms with Gasteiger partial charge in [0.05, 0.1) is 55.4 Å². The smallest absolute Gasteiger partial charge is 0.472 e. The molecule has 1 heterocycles. The Morgan fingerprint density at radius 3 is 2.28 bits per heavy atom. The van der Waals surface area contributed by atoms with Crippen LogP contribution in [0.5, 0.6) is 11.5 Å². The van der Waals surface area contributed by atoms with E-state index in [1.165, 1.54) is 79.9 Å². The highest BCUT2D eigenvalue weighted by Gasteiger charge is 2.25. The molecule has 2 aliphatic rings. The number of nitro groups is 1. The molecular formula is C52H52N7O15P. The zero-order valence-electron chi connectivity index (χ0n) is 40.6. The number of anilines is 1. The lowest BCUT2D eigenvalue weighted by molar-refractivity contribution is -0.384. The summed E-state index contributed by atoms with van der Waals surface area (Å²) in [6, 6.07) is 27.0. The lowest BCUT2D eigenvalue weighted by Gasteiger charge is -2.24. The van der Waals surface area contributed by atoms with E-state index in [1.807, 2.05) is 0 Å². The van der Waals surface area contributed by atoms with Crippen LogP contribution in [0.15, 0.2) is 139 Å². The van der Waals surface area contributed by atoms with E-state index in [4.69, 9.17) is 18.2 Å². The van der Waals surface area contributed by atoms with E-state index in [1.54, 1.807) is 48.2 Å². The molecule has 22 nitrogen and oxygen atoms in total. The first-order chi connectivity index (χ1) is 36.1. The second-order valence-corrected chi connectivity index (χ2v) is 18.3. The molecule has 1 atom stereocenters. The Hall–Kier alpha value is -8.24. The number of methoxy groups -OCH3 is 1. The van der Waals surface area contributed by atoms with Crippen LogP contribution in [0.1, 0.15) is 57.5 Å². The number of aliphatic hydroxyl groups is 2. The van der Waals surface area contributed by atoms with E-state index < -0.39 is 31.2 Å². The number of rotatable bonds is 25. The van der Waals surface area contributed by atoms with Crippen LogP contribution in [0.4, 0.5) is 34.1 Å². The summed E-state index contributed by atoms with van der Waals surface area (Å²) in [6.07, 6.45) is 2.24. The molecule has 23 heteroatoms. The summed E-state index contributed by atoms with van der Waals surface area (Å²) in [5.74, 6) is -1.35. The molecule has 1 amide bonds. The quantitative estimate of drug-likeness (QED) is 0.00774. The summed E-state index contributed by atoms with van der Waals surface area (Å²) in [7, 11) is -3.02. The van der Waals surface area contributed by atoms with Gasteiger partial charge in [0.1, 0.15) is 28.5 Å². The monoisotopic (exact) mass is 1050 g/mol. The number of aromatic carboxylic acids is 1. The first-order valence-corrected chi connectivity index (χ1v) is 24.9. The Morgan fingerprint density at radius 1 is 0.800 bits per heavy atom. The van der Waals surface area contributed by atoms with Gasteiger partial charge in [0.25, 0.3) is 11.6 Å². The van der Waals surface area contributed by atoms with Gasteiger partial charge in [0.2, 0.25) is 0 Å². The average molecular weight is 1050 g/mol. The molecule has 1 aliphatic carbocycles. The van der Waals surface area contributed by atoms with Gasteiger partial charge in [0.15, 0.2) is 11.1 Å². The van der Waals surface area contributed by atoms with Crippen LogP contribution in [-0.2, 0) is 20.2 Å². The lowest BCUT2D eigenvalue weighted by atomic mass is 9.89. The summed E-state index contributed by atoms with van der Waals surface area (Å²) in [4.78, 5) is 61.0. The van der Waals surface area contributed by atoms with Crippen LogP contribution >= 0.6 is 7.82 Å². The molecule has 1 aliphatic heterocycles. The minimum absolute atomic E-state index is 0.0380. The van der Waals surface area contributed by atoms with Crippen LogP contribution in [0, 0.1) is 17.0 Å². The number of amides is 1. The fraction of sp³-hybridized carbons (Fsp3) is 0.250. The third kappa shape index (κ3) is 14.1. The van der Waals surface area contributed by atoms with Crippen LogP contribution in [0.3, 0.4) is 0 Å². The Morgan fingerprint density at radius 2 is 1.55 bits per heavy atom. The third-order valence-corrected chi connectivity index (χ3v) is 12.7. The van der Waals surface area contributed by atoms with Crippen LogP contribution in [-0.4, -0.2) is 88.7 Å². The van der Waals surface area contributed by atoms with Crippen molar-refractivity contribution in [3.63, 3.8) is 0 Å². The van der Waals surface area contributed by atoms with Crippen LogP contribution in [0.2, 0.25) is 0 Å². The van der Waals surface area contributed by atoms with Gasteiger partial charge in [0, 0.05) is 77.2 Å². The number of nitrogens with one attached hydrogen (secondary N) is 1. The number of carboxylic acids is 1. The van der Waals surface area contributed by atoms with Crippen molar-refractivity contribution in [2.75, 3.05) is 51.5 Å². The molecule has 5 aromatic rings. The molecule has 0 aromatic heterocycles. The number of phenolic OH excluding ortho intramolecular Hbond substituents is 1. The number of carbonyl (C=O) groups is 2. The number of benzene rings is 6. The molecular weight excluding hydrogens is 994 g/mol. The number of aliphatic hydroxyl groups excluding tert-OH is 2. The lowest BCUT2D eigenvalue weighted by Crippen LogP contribution is -2.30. The summed E-state index contributed by atoms with van der Waals surface area (Å²) in [6.45, 7) is 1.37. The fourth-order valence-corrected chi connectivity index (χ4v) is 8.71. The van der Waals surface area contributed by atoms with Gasteiger partial charge < -0.3 is 44.7 Å². The zero-order chi connectivity index (χ0) is 53.6. The Kier molecular flexibility index (Phi) is 18.3. The number of aromatic hydroxyl groups is 1. The number of nitro benzene ring substituents is 1. The maximum Gasteiger partial charge on any atom is 0.472 e. The van der Waals surface area contributed by atoms with E-state index in [2.05, 4.69) is 25.8 Å². The SMILES string of the molecule is COc1cc(/N=N/c2ccc(C)cc2[N+](=O)[O-])c(CO)cc1/N=N/c1ccc(N(CCO)CCOP(=O)(O)OCCCCCCNC(=O)c2ccc(C(=O)O)c(-c3c4ccc(=O)cc-4oc4cc(O)ccc34)c2)cc1. The molecule has 0 saturated heterocycles. The predicted molar refractivity (Wildman–Crippen MR) is 277 cm³/mol. The number of phenols is 1. The Balaban J connectivity index is 0.858. The minimum atomic E-state index is -4.43. The number of carboxylic acid groups (broad SMARTS) is 1. The third-order valence-electron chi connectivity index (χ3n) is 11.7. The van der Waals surface area contributed by atoms with Gasteiger partial charge in [-0.3, -0.25) is 28.8 Å². The summed E-state index contributed by atoms with van der Waals surface area (Å²) in [5, 5.41) is 71.7. The van der Waals surface area contributed by atoms with E-state index >= 15 is 0 Å². The van der Waals surface area contributed by atoms with Gasteiger partial charge in [-0.1, -0.05) is 18.9 Å². The van der Waals surface area contributed by atoms with Crippen molar-refractivity contribution in [1.29, 1.82) is 0 Å². The van der Waals surface area contributed by atoms with Gasteiger partial charge in [-0.2, -0.15) is 5.11 Å². The van der Waals surface area contributed by atoms with Crippen LogP contribution in [0.25, 0.3) is 33.4 Å². The van der Waals surface area contributed by atoms with Crippen molar-refractivity contribution in [3.05, 3.63) is 152 Å². The molecule has 390 valence electrons. The largest absolute Gasteiger partial charge is 0.508 e. The number of phosphoric ester groups is 1. The number of azo groups is 2. The molecule has 1 unspecified atom stereocenters. The number of aryl methyl sites for hydroxylation is 1. The summed E-state index contributed by atoms with van der Waals surface area (Å²) < 4.78 is 34.5. The van der Waals surface area contributed by atoms with Gasteiger partial charge in [-0.05, 0) is 110 Å². The fourth-order valence-electron chi connectivity index (χ4n) is 7.96. The maximum absolute atomic E-state index is 13.3. The van der Waals surface area contributed by atoms with Gasteiger partial charge >= 0.3 is 13.8 Å². The maximum atomic E-state index is 13.3. The zero-order valence-corrected chi connectivity index (χ0v) is 41.5. The molecule has 0 saturated carbocycles. The number of unbranched alkanes of at least 4 members (excludes halogenated alkanes) is 3. The summed E-state index contributed by atoms with van der Waals surface area (Å²) in [5.41, 5.74) is 3.44. The van der Waals surface area contributed by atoms with Crippen molar-refractivity contribution < 1.29 is 62.6 Å². The van der Waals surface area contributed by atoms with Gasteiger partial charge in [-0.15, -0.1) is 15.3 Å². The van der Waals surface area contributed by atoms with E-state index in [0.29, 0.717) is 64.7 Å². The molecule has 6 N–H and O–H groups in total. The number of ether oxygens (including phenoxy) is 1. The van der Waals surface area contributed by atoms with Crippen molar-refractivity contribution in [3.8, 4) is 33.9 Å². The number of fused-ring (bicyclic) bond motifs is 2. The van der Waals surface area contributed by atoms with E-state index in [9.17, 15) is 54.4 Å². The van der Waals surface area contributed by atoms with Crippen LogP contribution < -0.4 is 20.4 Å². The Labute approximate surface area is 428 Å². The summed E-state index contributed by atoms with van der Waals surface area (Å²) >= 11 is 0. The van der Waals surface area contributed by atoms with E-state index in [0.717, 1.165) is 0 Å². The number of nitrogens with zero attached hydrogens (tertiary/aromatic N) is 6. The predicted octanol–water partition coefficient (Wildman–Crippen LogP) is 10.4. The molecule has 5 aromatic carbocycles. The molecule has 0 radical (unpaired) electrons. The molecule has 0 bridgehead atoms. The second-order valence-electron chi connectivity index (χ2n) is 16.9. The highest BCUT2D eigenvalue weighted by atomic mass is 31.2. The number of phosphoric acid groups is 1. The van der Waals surface area contributed by atoms with E-state index in [-0.39, 0.29) is 107 Å². The number of hydrogen-bond acceptors (Lipinski definition) is 18. The highest BCUT2D eigenvalue weighted by molar-refractivity contribution is 7.47. The molecule has 7 rings (SSSR count). The first kappa shape index (κ1) is 54.5. The number of carbonyl (C=O) groups excluding carboxylic acids is 1. The highest BCUT2D eigenvalue weighted by Crippen LogP contribution is 2.44. The van der Waals surface area contributed by atoms with Crippen molar-refractivity contribution in [1.82, 2.24) is 5.32 Å². The number of hydrogen-bond donors (Lipinski definition) is 6. The van der Waals surface area contributed by atoms with Crippen molar-refractivity contribution >= 4 is 64.8 Å². The molecule has 0 fully saturated rings. The van der Waals surface area contributed by atoms with Crippen molar-refractivity contribution in [2.24, 2.45) is 20.5 Å². The second kappa shape index (κ2) is 25.1. The first-order valence-electron chi connectivity index (χ1n) is 23.4. The topological polar surface area (TPSA) is 318 Å². The minimum Gasteiger partial charge on any atom is -0.508 e.